The van der Waals surface area contributed by atoms with Crippen LogP contribution in [0.3, 0.4) is 0 Å². The zero-order valence-electron chi connectivity index (χ0n) is 12.2. The highest BCUT2D eigenvalue weighted by atomic mass is 32.2. The number of carbonyl (C=O) groups is 1. The summed E-state index contributed by atoms with van der Waals surface area (Å²) in [6.07, 6.45) is 5.35. The molecule has 3 heterocycles. The SMILES string of the molecule is Cn1ccnc1S(=O)(=O)C1CCN(C(=O)c2ccco2)CC1. The molecule has 1 fully saturated rings. The standard InChI is InChI=1S/C14H17N3O4S/c1-16-9-6-15-14(16)22(19,20)11-4-7-17(8-5-11)13(18)12-3-2-10-21-12/h2-3,6,9-11H,4-5,7-8H2,1H3. The Morgan fingerprint density at radius 2 is 2.09 bits per heavy atom. The van der Waals surface area contributed by atoms with Gasteiger partial charge in [0, 0.05) is 32.5 Å². The first-order chi connectivity index (χ1) is 10.5. The highest BCUT2D eigenvalue weighted by molar-refractivity contribution is 7.91. The molecule has 118 valence electrons. The summed E-state index contributed by atoms with van der Waals surface area (Å²) >= 11 is 0. The minimum atomic E-state index is -3.46. The Hall–Kier alpha value is -2.09. The fraction of sp³-hybridized carbons (Fsp3) is 0.429. The van der Waals surface area contributed by atoms with Crippen molar-refractivity contribution >= 4 is 15.7 Å². The van der Waals surface area contributed by atoms with Gasteiger partial charge in [0.15, 0.2) is 5.76 Å². The van der Waals surface area contributed by atoms with Crippen LogP contribution in [0.25, 0.3) is 0 Å². The van der Waals surface area contributed by atoms with Crippen LogP contribution < -0.4 is 0 Å². The number of aryl methyl sites for hydroxylation is 1. The number of likely N-dealkylation sites (tertiary alicyclic amines) is 1. The second-order valence-corrected chi connectivity index (χ2v) is 7.46. The number of carbonyl (C=O) groups excluding carboxylic acids is 1. The van der Waals surface area contributed by atoms with Crippen LogP contribution in [0.15, 0.2) is 40.4 Å². The molecule has 7 nitrogen and oxygen atoms in total. The largest absolute Gasteiger partial charge is 0.459 e. The number of piperidine rings is 1. The summed E-state index contributed by atoms with van der Waals surface area (Å²) in [6.45, 7) is 0.793. The van der Waals surface area contributed by atoms with Gasteiger partial charge in [0.25, 0.3) is 5.91 Å². The Bertz CT molecular complexity index is 756. The van der Waals surface area contributed by atoms with Crippen molar-refractivity contribution in [2.75, 3.05) is 13.1 Å². The molecule has 2 aromatic rings. The van der Waals surface area contributed by atoms with E-state index in [-0.39, 0.29) is 16.8 Å². The van der Waals surface area contributed by atoms with Crippen LogP contribution in [0, 0.1) is 0 Å². The molecule has 0 spiro atoms. The molecule has 0 N–H and O–H groups in total. The van der Waals surface area contributed by atoms with Crippen molar-refractivity contribution in [2.24, 2.45) is 7.05 Å². The van der Waals surface area contributed by atoms with Crippen molar-refractivity contribution in [2.45, 2.75) is 23.2 Å². The molecule has 0 atom stereocenters. The molecular weight excluding hydrogens is 306 g/mol. The molecule has 1 saturated heterocycles. The molecule has 22 heavy (non-hydrogen) atoms. The average molecular weight is 323 g/mol. The average Bonchev–Trinajstić information content (AvgIpc) is 3.18. The van der Waals surface area contributed by atoms with E-state index < -0.39 is 15.1 Å². The molecule has 0 unspecified atom stereocenters. The van der Waals surface area contributed by atoms with Gasteiger partial charge in [0.05, 0.1) is 11.5 Å². The number of imidazole rings is 1. The van der Waals surface area contributed by atoms with E-state index in [2.05, 4.69) is 4.98 Å². The Morgan fingerprint density at radius 3 is 2.64 bits per heavy atom. The maximum absolute atomic E-state index is 12.6. The summed E-state index contributed by atoms with van der Waals surface area (Å²) in [5.74, 6) is 0.0863. The summed E-state index contributed by atoms with van der Waals surface area (Å²) in [7, 11) is -1.80. The van der Waals surface area contributed by atoms with Crippen LogP contribution >= 0.6 is 0 Å². The zero-order chi connectivity index (χ0) is 15.7. The first-order valence-corrected chi connectivity index (χ1v) is 8.59. The van der Waals surface area contributed by atoms with E-state index in [1.54, 1.807) is 30.3 Å². The molecule has 0 bridgehead atoms. The lowest BCUT2D eigenvalue weighted by Gasteiger charge is -2.30. The van der Waals surface area contributed by atoms with E-state index in [0.717, 1.165) is 0 Å². The molecule has 1 aliphatic rings. The summed E-state index contributed by atoms with van der Waals surface area (Å²) in [5.41, 5.74) is 0. The van der Waals surface area contributed by atoms with Crippen LogP contribution in [0.5, 0.6) is 0 Å². The third kappa shape index (κ3) is 2.54. The molecule has 0 aliphatic carbocycles. The van der Waals surface area contributed by atoms with Gasteiger partial charge in [-0.2, -0.15) is 0 Å². The third-order valence-electron chi connectivity index (χ3n) is 3.93. The highest BCUT2D eigenvalue weighted by Gasteiger charge is 2.35. The molecule has 0 saturated carbocycles. The molecule has 1 amide bonds. The number of aromatic nitrogens is 2. The fourth-order valence-electron chi connectivity index (χ4n) is 2.70. The Morgan fingerprint density at radius 1 is 1.36 bits per heavy atom. The minimum absolute atomic E-state index is 0.0864. The lowest BCUT2D eigenvalue weighted by Crippen LogP contribution is -2.42. The number of nitrogens with zero attached hydrogens (tertiary/aromatic N) is 3. The Balaban J connectivity index is 1.70. The smallest absolute Gasteiger partial charge is 0.289 e. The first-order valence-electron chi connectivity index (χ1n) is 7.04. The molecule has 0 radical (unpaired) electrons. The summed E-state index contributed by atoms with van der Waals surface area (Å²) < 4.78 is 31.7. The lowest BCUT2D eigenvalue weighted by molar-refractivity contribution is 0.0693. The predicted octanol–water partition coefficient (Wildman–Crippen LogP) is 1.09. The van der Waals surface area contributed by atoms with Crippen molar-refractivity contribution in [1.29, 1.82) is 0 Å². The normalized spacial score (nSPS) is 16.9. The second-order valence-electron chi connectivity index (χ2n) is 5.33. The second kappa shape index (κ2) is 5.60. The Labute approximate surface area is 128 Å². The summed E-state index contributed by atoms with van der Waals surface area (Å²) in [6, 6.07) is 3.27. The van der Waals surface area contributed by atoms with E-state index >= 15 is 0 Å². The zero-order valence-corrected chi connectivity index (χ0v) is 13.0. The number of amides is 1. The molecule has 3 rings (SSSR count). The van der Waals surface area contributed by atoms with Gasteiger partial charge >= 0.3 is 0 Å². The lowest BCUT2D eigenvalue weighted by atomic mass is 10.1. The van der Waals surface area contributed by atoms with Crippen molar-refractivity contribution in [3.8, 4) is 0 Å². The molecule has 1 aliphatic heterocycles. The van der Waals surface area contributed by atoms with Gasteiger partial charge in [-0.1, -0.05) is 0 Å². The summed E-state index contributed by atoms with van der Waals surface area (Å²) in [5, 5.41) is -0.419. The first kappa shape index (κ1) is 14.8. The van der Waals surface area contributed by atoms with E-state index in [0.29, 0.717) is 25.9 Å². The fourth-order valence-corrected chi connectivity index (χ4v) is 4.50. The van der Waals surface area contributed by atoms with Gasteiger partial charge in [-0.3, -0.25) is 4.79 Å². The van der Waals surface area contributed by atoms with Crippen LogP contribution in [0.2, 0.25) is 0 Å². The Kier molecular flexibility index (Phi) is 3.78. The molecule has 2 aromatic heterocycles. The van der Waals surface area contributed by atoms with E-state index in [1.165, 1.54) is 17.0 Å². The molecule has 0 aromatic carbocycles. The highest BCUT2D eigenvalue weighted by Crippen LogP contribution is 2.24. The number of hydrogen-bond acceptors (Lipinski definition) is 5. The van der Waals surface area contributed by atoms with Crippen LogP contribution in [-0.4, -0.2) is 47.1 Å². The van der Waals surface area contributed by atoms with Crippen molar-refractivity contribution in [3.63, 3.8) is 0 Å². The van der Waals surface area contributed by atoms with Crippen LogP contribution in [0.1, 0.15) is 23.4 Å². The monoisotopic (exact) mass is 323 g/mol. The van der Waals surface area contributed by atoms with Gasteiger partial charge in [-0.05, 0) is 25.0 Å². The van der Waals surface area contributed by atoms with Crippen molar-refractivity contribution < 1.29 is 17.6 Å². The van der Waals surface area contributed by atoms with Gasteiger partial charge in [0.2, 0.25) is 15.0 Å². The van der Waals surface area contributed by atoms with Crippen LogP contribution in [0.4, 0.5) is 0 Å². The predicted molar refractivity (Wildman–Crippen MR) is 78.0 cm³/mol. The van der Waals surface area contributed by atoms with Gasteiger partial charge in [-0.15, -0.1) is 0 Å². The number of furan rings is 1. The van der Waals surface area contributed by atoms with Crippen molar-refractivity contribution in [3.05, 3.63) is 36.5 Å². The summed E-state index contributed by atoms with van der Waals surface area (Å²) in [4.78, 5) is 17.7. The van der Waals surface area contributed by atoms with E-state index in [1.807, 2.05) is 0 Å². The maximum Gasteiger partial charge on any atom is 0.289 e. The molecular formula is C14H17N3O4S. The van der Waals surface area contributed by atoms with Crippen molar-refractivity contribution in [1.82, 2.24) is 14.5 Å². The third-order valence-corrected chi connectivity index (χ3v) is 6.18. The van der Waals surface area contributed by atoms with Gasteiger partial charge in [0.1, 0.15) is 0 Å². The number of sulfone groups is 1. The molecule has 8 heteroatoms. The van der Waals surface area contributed by atoms with E-state index in [4.69, 9.17) is 4.42 Å². The van der Waals surface area contributed by atoms with E-state index in [9.17, 15) is 13.2 Å². The number of rotatable bonds is 3. The van der Waals surface area contributed by atoms with Crippen LogP contribution in [-0.2, 0) is 16.9 Å². The topological polar surface area (TPSA) is 85.4 Å². The van der Waals surface area contributed by atoms with Gasteiger partial charge in [-0.25, -0.2) is 13.4 Å². The quantitative estimate of drug-likeness (QED) is 0.844. The number of hydrogen-bond donors (Lipinski definition) is 0. The minimum Gasteiger partial charge on any atom is -0.459 e. The maximum atomic E-state index is 12.6. The van der Waals surface area contributed by atoms with Gasteiger partial charge < -0.3 is 13.9 Å².